The van der Waals surface area contributed by atoms with Gasteiger partial charge in [-0.15, -0.1) is 0 Å². The number of hydrogen-bond acceptors (Lipinski definition) is 7. The highest BCUT2D eigenvalue weighted by molar-refractivity contribution is 5.98. The molecular weight excluding hydrogens is 509 g/mol. The van der Waals surface area contributed by atoms with Crippen molar-refractivity contribution in [2.24, 2.45) is 5.41 Å². The van der Waals surface area contributed by atoms with E-state index in [0.29, 0.717) is 51.3 Å². The van der Waals surface area contributed by atoms with Crippen molar-refractivity contribution in [2.45, 2.75) is 27.2 Å². The predicted molar refractivity (Wildman–Crippen MR) is 155 cm³/mol. The van der Waals surface area contributed by atoms with Gasteiger partial charge in [-0.05, 0) is 36.7 Å². The fourth-order valence-electron chi connectivity index (χ4n) is 5.12. The van der Waals surface area contributed by atoms with E-state index in [1.165, 1.54) is 0 Å². The SMILES string of the molecule is CN1CCN(c2ccnc3[nH]c(-c4n[nH]c5ccc(-c6cncc(NC(=O)CC(C)(C)C)c6)c(F)c45)nc23)CC1. The van der Waals surface area contributed by atoms with E-state index >= 15 is 4.39 Å². The number of likely N-dealkylation sites (N-methyl/N-ethyl adjacent to an activating group) is 1. The van der Waals surface area contributed by atoms with Crippen LogP contribution in [0, 0.1) is 11.2 Å². The van der Waals surface area contributed by atoms with E-state index in [-0.39, 0.29) is 11.3 Å². The highest BCUT2D eigenvalue weighted by Crippen LogP contribution is 2.35. The van der Waals surface area contributed by atoms with Crippen molar-refractivity contribution >= 4 is 39.3 Å². The Kier molecular flexibility index (Phi) is 6.46. The zero-order chi connectivity index (χ0) is 28.0. The lowest BCUT2D eigenvalue weighted by atomic mass is 9.92. The summed E-state index contributed by atoms with van der Waals surface area (Å²) in [4.78, 5) is 33.9. The molecule has 0 radical (unpaired) electrons. The Balaban J connectivity index is 1.36. The van der Waals surface area contributed by atoms with Crippen molar-refractivity contribution in [3.05, 3.63) is 48.7 Å². The predicted octanol–water partition coefficient (Wildman–Crippen LogP) is 4.83. The lowest BCUT2D eigenvalue weighted by Crippen LogP contribution is -2.44. The Hall–Kier alpha value is -4.38. The van der Waals surface area contributed by atoms with Crippen molar-refractivity contribution in [3.8, 4) is 22.6 Å². The van der Waals surface area contributed by atoms with E-state index in [1.54, 1.807) is 36.8 Å². The van der Waals surface area contributed by atoms with Gasteiger partial charge in [0.15, 0.2) is 11.5 Å². The van der Waals surface area contributed by atoms with Gasteiger partial charge in [-0.25, -0.2) is 14.4 Å². The van der Waals surface area contributed by atoms with Gasteiger partial charge in [0.05, 0.1) is 28.5 Å². The second-order valence-electron chi connectivity index (χ2n) is 11.6. The molecule has 206 valence electrons. The largest absolute Gasteiger partial charge is 0.367 e. The molecule has 0 atom stereocenters. The molecule has 0 bridgehead atoms. The first-order chi connectivity index (χ1) is 19.2. The molecule has 3 N–H and O–H groups in total. The number of nitrogens with one attached hydrogen (secondary N) is 3. The molecule has 1 aliphatic rings. The fourth-order valence-corrected chi connectivity index (χ4v) is 5.12. The number of anilines is 2. The number of carbonyl (C=O) groups is 1. The summed E-state index contributed by atoms with van der Waals surface area (Å²) in [5.41, 5.74) is 4.54. The summed E-state index contributed by atoms with van der Waals surface area (Å²) in [6, 6.07) is 7.17. The van der Waals surface area contributed by atoms with Crippen molar-refractivity contribution in [1.29, 1.82) is 0 Å². The summed E-state index contributed by atoms with van der Waals surface area (Å²) in [7, 11) is 2.12. The summed E-state index contributed by atoms with van der Waals surface area (Å²) in [5, 5.41) is 10.5. The topological polar surface area (TPSA) is 119 Å². The molecule has 40 heavy (non-hydrogen) atoms. The van der Waals surface area contributed by atoms with E-state index in [2.05, 4.69) is 47.3 Å². The van der Waals surface area contributed by atoms with Gasteiger partial charge in [0.1, 0.15) is 17.0 Å². The van der Waals surface area contributed by atoms with Crippen LogP contribution in [0.25, 0.3) is 44.7 Å². The van der Waals surface area contributed by atoms with Crippen LogP contribution in [-0.2, 0) is 4.79 Å². The van der Waals surface area contributed by atoms with Crippen LogP contribution in [-0.4, -0.2) is 74.2 Å². The van der Waals surface area contributed by atoms with Gasteiger partial charge >= 0.3 is 0 Å². The zero-order valence-electron chi connectivity index (χ0n) is 23.0. The monoisotopic (exact) mass is 541 g/mol. The second-order valence-corrected chi connectivity index (χ2v) is 11.6. The number of aromatic amines is 2. The summed E-state index contributed by atoms with van der Waals surface area (Å²) in [6.07, 6.45) is 5.26. The van der Waals surface area contributed by atoms with Gasteiger partial charge in [0, 0.05) is 56.1 Å². The number of fused-ring (bicyclic) bond motifs is 2. The standard InChI is InChI=1S/C29H32FN9O/c1-29(2,3)14-22(40)33-18-13-17(15-31-16-18)19-5-6-20-23(24(19)30)26(37-36-20)28-34-25-21(7-8-32-27(25)35-28)39-11-9-38(4)10-12-39/h5-8,13,15-16H,9-12,14H2,1-4H3,(H,33,40)(H,36,37)(H,32,34,35). The first kappa shape index (κ1) is 25.9. The van der Waals surface area contributed by atoms with Crippen LogP contribution in [0.4, 0.5) is 15.8 Å². The van der Waals surface area contributed by atoms with Crippen LogP contribution in [0.1, 0.15) is 27.2 Å². The molecule has 1 aromatic carbocycles. The maximum absolute atomic E-state index is 16.2. The maximum Gasteiger partial charge on any atom is 0.224 e. The molecule has 0 saturated carbocycles. The van der Waals surface area contributed by atoms with E-state index in [1.807, 2.05) is 26.8 Å². The molecule has 0 aliphatic carbocycles. The molecular formula is C29H32FN9O. The molecule has 6 rings (SSSR count). The molecule has 1 saturated heterocycles. The number of halogens is 1. The van der Waals surface area contributed by atoms with Crippen LogP contribution < -0.4 is 10.2 Å². The Morgan fingerprint density at radius 1 is 1.12 bits per heavy atom. The van der Waals surface area contributed by atoms with Gasteiger partial charge in [0.25, 0.3) is 0 Å². The highest BCUT2D eigenvalue weighted by atomic mass is 19.1. The van der Waals surface area contributed by atoms with Gasteiger partial charge in [-0.3, -0.25) is 14.9 Å². The Bertz CT molecular complexity index is 1710. The Morgan fingerprint density at radius 2 is 1.93 bits per heavy atom. The Labute approximate surface area is 231 Å². The number of rotatable bonds is 5. The summed E-state index contributed by atoms with van der Waals surface area (Å²) < 4.78 is 16.2. The van der Waals surface area contributed by atoms with Crippen molar-refractivity contribution in [2.75, 3.05) is 43.4 Å². The van der Waals surface area contributed by atoms with Crippen LogP contribution >= 0.6 is 0 Å². The number of hydrogen-bond donors (Lipinski definition) is 3. The molecule has 10 nitrogen and oxygen atoms in total. The minimum Gasteiger partial charge on any atom is -0.367 e. The lowest BCUT2D eigenvalue weighted by Gasteiger charge is -2.33. The minimum absolute atomic E-state index is 0.117. The molecule has 4 aromatic heterocycles. The number of pyridine rings is 2. The highest BCUT2D eigenvalue weighted by Gasteiger charge is 2.23. The third kappa shape index (κ3) is 5.00. The van der Waals surface area contributed by atoms with E-state index in [4.69, 9.17) is 4.98 Å². The van der Waals surface area contributed by atoms with Crippen LogP contribution in [0.2, 0.25) is 0 Å². The average Bonchev–Trinajstić information content (AvgIpc) is 3.53. The first-order valence-electron chi connectivity index (χ1n) is 13.4. The van der Waals surface area contributed by atoms with Crippen LogP contribution in [0.15, 0.2) is 42.9 Å². The quantitative estimate of drug-likeness (QED) is 0.292. The van der Waals surface area contributed by atoms with Gasteiger partial charge in [-0.2, -0.15) is 5.10 Å². The van der Waals surface area contributed by atoms with Crippen molar-refractivity contribution < 1.29 is 9.18 Å². The summed E-state index contributed by atoms with van der Waals surface area (Å²) in [5.74, 6) is -0.129. The third-order valence-corrected chi connectivity index (χ3v) is 7.12. The number of imidazole rings is 1. The summed E-state index contributed by atoms with van der Waals surface area (Å²) in [6.45, 7) is 9.72. The smallest absolute Gasteiger partial charge is 0.224 e. The average molecular weight is 542 g/mol. The van der Waals surface area contributed by atoms with Crippen molar-refractivity contribution in [3.63, 3.8) is 0 Å². The number of H-pyrrole nitrogens is 2. The second kappa shape index (κ2) is 9.98. The van der Waals surface area contributed by atoms with E-state index in [0.717, 1.165) is 37.4 Å². The van der Waals surface area contributed by atoms with Crippen LogP contribution in [0.5, 0.6) is 0 Å². The van der Waals surface area contributed by atoms with Crippen molar-refractivity contribution in [1.82, 2.24) is 35.0 Å². The van der Waals surface area contributed by atoms with Gasteiger partial charge < -0.3 is 20.1 Å². The number of aromatic nitrogens is 6. The molecule has 1 amide bonds. The number of benzene rings is 1. The Morgan fingerprint density at radius 3 is 2.70 bits per heavy atom. The summed E-state index contributed by atoms with van der Waals surface area (Å²) >= 11 is 0. The van der Waals surface area contributed by atoms with Gasteiger partial charge in [0.2, 0.25) is 5.91 Å². The van der Waals surface area contributed by atoms with E-state index in [9.17, 15) is 4.79 Å². The molecule has 11 heteroatoms. The minimum atomic E-state index is -0.450. The molecule has 0 unspecified atom stereocenters. The maximum atomic E-state index is 16.2. The third-order valence-electron chi connectivity index (χ3n) is 7.12. The molecule has 1 fully saturated rings. The lowest BCUT2D eigenvalue weighted by molar-refractivity contribution is -0.117. The van der Waals surface area contributed by atoms with E-state index < -0.39 is 5.82 Å². The van der Waals surface area contributed by atoms with Crippen LogP contribution in [0.3, 0.4) is 0 Å². The molecule has 5 heterocycles. The number of carbonyl (C=O) groups excluding carboxylic acids is 1. The number of piperazine rings is 1. The normalized spacial score (nSPS) is 14.8. The fraction of sp³-hybridized carbons (Fsp3) is 0.345. The molecule has 0 spiro atoms. The van der Waals surface area contributed by atoms with Gasteiger partial charge in [-0.1, -0.05) is 20.8 Å². The number of amides is 1. The molecule has 1 aliphatic heterocycles. The molecule has 5 aromatic rings. The number of nitrogens with zero attached hydrogens (tertiary/aromatic N) is 6. The first-order valence-corrected chi connectivity index (χ1v) is 13.4. The zero-order valence-corrected chi connectivity index (χ0v) is 23.0.